The van der Waals surface area contributed by atoms with Crippen molar-refractivity contribution in [3.63, 3.8) is 0 Å². The quantitative estimate of drug-likeness (QED) is 0.439. The molecule has 0 unspecified atom stereocenters. The monoisotopic (exact) mass is 482 g/mol. The van der Waals surface area contributed by atoms with Gasteiger partial charge in [-0.1, -0.05) is 25.0 Å². The SMILES string of the molecule is CCn1cc(C(=O)Nc2cccc(-c3ccc(N4CCCCCC4)nn3)c2)c(=O)c2ccc(C)nc21. The molecule has 0 bridgehead atoms. The number of aryl methyl sites for hydroxylation is 2. The Morgan fingerprint density at radius 2 is 1.81 bits per heavy atom. The molecule has 0 spiro atoms. The first-order valence-electron chi connectivity index (χ1n) is 12.5. The minimum Gasteiger partial charge on any atom is -0.355 e. The minimum atomic E-state index is -0.454. The Hall–Kier alpha value is -4.07. The van der Waals surface area contributed by atoms with Crippen LogP contribution in [0.4, 0.5) is 11.5 Å². The zero-order valence-electron chi connectivity index (χ0n) is 20.7. The van der Waals surface area contributed by atoms with Crippen molar-refractivity contribution in [3.8, 4) is 11.3 Å². The Labute approximate surface area is 210 Å². The molecule has 4 aromatic rings. The van der Waals surface area contributed by atoms with Crippen LogP contribution in [0.1, 0.15) is 48.7 Å². The summed E-state index contributed by atoms with van der Waals surface area (Å²) in [4.78, 5) is 33.0. The molecule has 1 amide bonds. The summed E-state index contributed by atoms with van der Waals surface area (Å²) >= 11 is 0. The number of rotatable bonds is 5. The smallest absolute Gasteiger partial charge is 0.261 e. The van der Waals surface area contributed by atoms with Gasteiger partial charge in [-0.05, 0) is 63.1 Å². The van der Waals surface area contributed by atoms with Gasteiger partial charge >= 0.3 is 0 Å². The van der Waals surface area contributed by atoms with Crippen molar-refractivity contribution in [1.29, 1.82) is 0 Å². The Morgan fingerprint density at radius 1 is 1.00 bits per heavy atom. The van der Waals surface area contributed by atoms with Crippen molar-refractivity contribution in [2.75, 3.05) is 23.3 Å². The van der Waals surface area contributed by atoms with E-state index in [1.807, 2.05) is 48.7 Å². The number of nitrogens with one attached hydrogen (secondary N) is 1. The van der Waals surface area contributed by atoms with Gasteiger partial charge in [0.25, 0.3) is 5.91 Å². The van der Waals surface area contributed by atoms with Gasteiger partial charge in [-0.25, -0.2) is 4.98 Å². The summed E-state index contributed by atoms with van der Waals surface area (Å²) in [5.74, 6) is 0.447. The predicted molar refractivity (Wildman–Crippen MR) is 143 cm³/mol. The second kappa shape index (κ2) is 10.3. The zero-order chi connectivity index (χ0) is 25.1. The molecule has 0 atom stereocenters. The number of aromatic nitrogens is 4. The van der Waals surface area contributed by atoms with Crippen LogP contribution in [0.25, 0.3) is 22.3 Å². The predicted octanol–water partition coefficient (Wildman–Crippen LogP) is 4.81. The van der Waals surface area contributed by atoms with Gasteiger partial charge in [-0.2, -0.15) is 0 Å². The van der Waals surface area contributed by atoms with E-state index >= 15 is 0 Å². The van der Waals surface area contributed by atoms with E-state index in [2.05, 4.69) is 25.4 Å². The van der Waals surface area contributed by atoms with Gasteiger partial charge in [0.1, 0.15) is 11.2 Å². The minimum absolute atomic E-state index is 0.0852. The number of hydrogen-bond donors (Lipinski definition) is 1. The maximum absolute atomic E-state index is 13.1. The fourth-order valence-corrected chi connectivity index (χ4v) is 4.67. The van der Waals surface area contributed by atoms with E-state index in [1.165, 1.54) is 25.7 Å². The standard InChI is InChI=1S/C28H30N6O2/c1-3-33-18-23(26(35)22-12-11-19(2)29-27(22)33)28(36)30-21-10-8-9-20(17-21)24-13-14-25(32-31-24)34-15-6-4-5-7-16-34/h8-14,17-18H,3-7,15-16H2,1-2H3,(H,30,36). The van der Waals surface area contributed by atoms with Crippen molar-refractivity contribution < 1.29 is 4.79 Å². The van der Waals surface area contributed by atoms with Crippen molar-refractivity contribution in [3.05, 3.63) is 76.2 Å². The van der Waals surface area contributed by atoms with E-state index < -0.39 is 5.91 Å². The molecule has 0 aliphatic carbocycles. The molecule has 1 aliphatic heterocycles. The van der Waals surface area contributed by atoms with Gasteiger partial charge < -0.3 is 14.8 Å². The maximum Gasteiger partial charge on any atom is 0.261 e. The molecule has 8 nitrogen and oxygen atoms in total. The molecule has 1 aromatic carbocycles. The van der Waals surface area contributed by atoms with E-state index in [1.54, 1.807) is 24.4 Å². The average Bonchev–Trinajstić information content (AvgIpc) is 3.19. The third-order valence-electron chi connectivity index (χ3n) is 6.64. The van der Waals surface area contributed by atoms with Crippen molar-refractivity contribution >= 4 is 28.4 Å². The molecule has 0 saturated carbocycles. The number of fused-ring (bicyclic) bond motifs is 1. The number of hydrogen-bond acceptors (Lipinski definition) is 6. The first-order valence-corrected chi connectivity index (χ1v) is 12.5. The highest BCUT2D eigenvalue weighted by atomic mass is 16.2. The second-order valence-electron chi connectivity index (χ2n) is 9.19. The van der Waals surface area contributed by atoms with Crippen molar-refractivity contribution in [1.82, 2.24) is 19.7 Å². The lowest BCUT2D eigenvalue weighted by Gasteiger charge is -2.20. The fourth-order valence-electron chi connectivity index (χ4n) is 4.67. The van der Waals surface area contributed by atoms with Crippen LogP contribution in [0.5, 0.6) is 0 Å². The average molecular weight is 483 g/mol. The molecule has 8 heteroatoms. The Balaban J connectivity index is 1.38. The molecule has 4 heterocycles. The molecular weight excluding hydrogens is 452 g/mol. The van der Waals surface area contributed by atoms with Gasteiger partial charge in [-0.3, -0.25) is 9.59 Å². The van der Waals surface area contributed by atoms with E-state index in [9.17, 15) is 9.59 Å². The number of nitrogens with zero attached hydrogens (tertiary/aromatic N) is 5. The normalized spacial score (nSPS) is 14.0. The molecule has 1 fully saturated rings. The number of carbonyl (C=O) groups is 1. The highest BCUT2D eigenvalue weighted by Crippen LogP contribution is 2.23. The first kappa shape index (κ1) is 23.7. The fraction of sp³-hybridized carbons (Fsp3) is 0.321. The summed E-state index contributed by atoms with van der Waals surface area (Å²) in [6.45, 7) is 6.46. The Bertz CT molecular complexity index is 1450. The van der Waals surface area contributed by atoms with E-state index in [0.717, 1.165) is 35.9 Å². The van der Waals surface area contributed by atoms with Gasteiger partial charge in [-0.15, -0.1) is 10.2 Å². The topological polar surface area (TPSA) is 93.0 Å². The van der Waals surface area contributed by atoms with Crippen molar-refractivity contribution in [2.24, 2.45) is 0 Å². The number of carbonyl (C=O) groups excluding carboxylic acids is 1. The van der Waals surface area contributed by atoms with E-state index in [0.29, 0.717) is 23.3 Å². The summed E-state index contributed by atoms with van der Waals surface area (Å²) in [5, 5.41) is 12.2. The van der Waals surface area contributed by atoms with E-state index in [4.69, 9.17) is 0 Å². The Kier molecular flexibility index (Phi) is 6.75. The van der Waals surface area contributed by atoms with Gasteiger partial charge in [0, 0.05) is 42.8 Å². The van der Waals surface area contributed by atoms with Gasteiger partial charge in [0.2, 0.25) is 5.43 Å². The largest absolute Gasteiger partial charge is 0.355 e. The van der Waals surface area contributed by atoms with Crippen LogP contribution >= 0.6 is 0 Å². The molecule has 0 radical (unpaired) electrons. The summed E-state index contributed by atoms with van der Waals surface area (Å²) in [5.41, 5.74) is 3.31. The van der Waals surface area contributed by atoms with E-state index in [-0.39, 0.29) is 11.0 Å². The summed E-state index contributed by atoms with van der Waals surface area (Å²) in [7, 11) is 0. The lowest BCUT2D eigenvalue weighted by atomic mass is 10.1. The zero-order valence-corrected chi connectivity index (χ0v) is 20.7. The molecule has 184 valence electrons. The first-order chi connectivity index (χ1) is 17.5. The van der Waals surface area contributed by atoms with Crippen LogP contribution in [-0.4, -0.2) is 38.7 Å². The lowest BCUT2D eigenvalue weighted by molar-refractivity contribution is 0.102. The van der Waals surface area contributed by atoms with Crippen LogP contribution in [0.15, 0.2) is 59.5 Å². The molecule has 1 aliphatic rings. The maximum atomic E-state index is 13.1. The van der Waals surface area contributed by atoms with Crippen LogP contribution in [-0.2, 0) is 6.54 Å². The van der Waals surface area contributed by atoms with Crippen LogP contribution in [0.3, 0.4) is 0 Å². The third kappa shape index (κ3) is 4.84. The summed E-state index contributed by atoms with van der Waals surface area (Å²) in [6.07, 6.45) is 6.48. The van der Waals surface area contributed by atoms with Crippen LogP contribution in [0.2, 0.25) is 0 Å². The molecule has 5 rings (SSSR count). The second-order valence-corrected chi connectivity index (χ2v) is 9.19. The Morgan fingerprint density at radius 3 is 2.53 bits per heavy atom. The van der Waals surface area contributed by atoms with Crippen LogP contribution in [0, 0.1) is 6.92 Å². The molecule has 1 saturated heterocycles. The highest BCUT2D eigenvalue weighted by molar-refractivity contribution is 6.05. The number of anilines is 2. The third-order valence-corrected chi connectivity index (χ3v) is 6.64. The van der Waals surface area contributed by atoms with Crippen LogP contribution < -0.4 is 15.6 Å². The number of benzene rings is 1. The molecular formula is C28H30N6O2. The molecule has 36 heavy (non-hydrogen) atoms. The highest BCUT2D eigenvalue weighted by Gasteiger charge is 2.17. The molecule has 3 aromatic heterocycles. The summed E-state index contributed by atoms with van der Waals surface area (Å²) in [6, 6.07) is 14.9. The number of amides is 1. The molecule has 1 N–H and O–H groups in total. The van der Waals surface area contributed by atoms with Gasteiger partial charge in [0.05, 0.1) is 11.1 Å². The number of pyridine rings is 2. The summed E-state index contributed by atoms with van der Waals surface area (Å²) < 4.78 is 1.83. The van der Waals surface area contributed by atoms with Crippen molar-refractivity contribution in [2.45, 2.75) is 46.1 Å². The lowest BCUT2D eigenvalue weighted by Crippen LogP contribution is -2.25. The van der Waals surface area contributed by atoms with Gasteiger partial charge in [0.15, 0.2) is 5.82 Å².